The second-order valence-corrected chi connectivity index (χ2v) is 5.10. The average Bonchev–Trinajstić information content (AvgIpc) is 2.45. The first-order valence-corrected chi connectivity index (χ1v) is 7.53. The number of carbonyl (C=O) groups is 1. The first-order chi connectivity index (χ1) is 9.19. The molecule has 1 heterocycles. The van der Waals surface area contributed by atoms with Gasteiger partial charge >= 0.3 is 0 Å². The Bertz CT molecular complexity index is 257. The molecule has 5 heteroatoms. The van der Waals surface area contributed by atoms with E-state index in [0.717, 1.165) is 45.6 Å². The van der Waals surface area contributed by atoms with Crippen LogP contribution in [0.3, 0.4) is 0 Å². The summed E-state index contributed by atoms with van der Waals surface area (Å²) in [6, 6.07) is 0.302. The molecule has 1 atom stereocenters. The van der Waals surface area contributed by atoms with Crippen LogP contribution >= 0.6 is 0 Å². The van der Waals surface area contributed by atoms with Crippen LogP contribution in [-0.4, -0.2) is 62.3 Å². The van der Waals surface area contributed by atoms with Gasteiger partial charge in [-0.3, -0.25) is 9.69 Å². The van der Waals surface area contributed by atoms with E-state index in [-0.39, 0.29) is 12.0 Å². The van der Waals surface area contributed by atoms with Crippen molar-refractivity contribution < 1.29 is 9.53 Å². The maximum atomic E-state index is 11.7. The van der Waals surface area contributed by atoms with E-state index in [1.165, 1.54) is 0 Å². The fourth-order valence-electron chi connectivity index (χ4n) is 2.31. The number of likely N-dealkylation sites (N-methyl/N-ethyl adjacent to an activating group) is 1. The molecule has 1 fully saturated rings. The lowest BCUT2D eigenvalue weighted by atomic mass is 10.2. The molecule has 0 saturated carbocycles. The predicted molar refractivity (Wildman–Crippen MR) is 77.2 cm³/mol. The number of amides is 1. The molecule has 1 saturated heterocycles. The molecule has 0 aromatic carbocycles. The molecule has 19 heavy (non-hydrogen) atoms. The van der Waals surface area contributed by atoms with E-state index in [1.807, 2.05) is 0 Å². The number of morpholine rings is 1. The highest BCUT2D eigenvalue weighted by atomic mass is 16.5. The van der Waals surface area contributed by atoms with Crippen LogP contribution in [0.5, 0.6) is 0 Å². The van der Waals surface area contributed by atoms with Gasteiger partial charge in [0.15, 0.2) is 0 Å². The number of rotatable bonds is 8. The fourth-order valence-corrected chi connectivity index (χ4v) is 2.31. The number of hydrogen-bond donors (Lipinski definition) is 2. The van der Waals surface area contributed by atoms with Gasteiger partial charge in [0.1, 0.15) is 0 Å². The Morgan fingerprint density at radius 3 is 2.74 bits per heavy atom. The SMILES string of the molecule is CCC(CC)NC(=O)CNCC1CN(CC)CCO1. The van der Waals surface area contributed by atoms with Gasteiger partial charge in [0, 0.05) is 25.7 Å². The molecule has 1 aliphatic heterocycles. The summed E-state index contributed by atoms with van der Waals surface area (Å²) < 4.78 is 5.68. The van der Waals surface area contributed by atoms with Gasteiger partial charge in [-0.2, -0.15) is 0 Å². The Morgan fingerprint density at radius 1 is 1.37 bits per heavy atom. The lowest BCUT2D eigenvalue weighted by Crippen LogP contribution is -2.48. The molecule has 0 spiro atoms. The summed E-state index contributed by atoms with van der Waals surface area (Å²) in [6.07, 6.45) is 2.17. The van der Waals surface area contributed by atoms with Crippen molar-refractivity contribution in [3.63, 3.8) is 0 Å². The number of nitrogens with one attached hydrogen (secondary N) is 2. The molecular formula is C14H29N3O2. The monoisotopic (exact) mass is 271 g/mol. The normalized spacial score (nSPS) is 20.7. The van der Waals surface area contributed by atoms with Gasteiger partial charge in [0.05, 0.1) is 19.3 Å². The predicted octanol–water partition coefficient (Wildman–Crippen LogP) is 0.602. The molecule has 5 nitrogen and oxygen atoms in total. The zero-order valence-corrected chi connectivity index (χ0v) is 12.6. The van der Waals surface area contributed by atoms with Crippen molar-refractivity contribution in [2.75, 3.05) is 39.3 Å². The third-order valence-electron chi connectivity index (χ3n) is 3.68. The van der Waals surface area contributed by atoms with Crippen LogP contribution in [0.15, 0.2) is 0 Å². The van der Waals surface area contributed by atoms with Crippen LogP contribution in [0.2, 0.25) is 0 Å². The van der Waals surface area contributed by atoms with Crippen LogP contribution in [-0.2, 0) is 9.53 Å². The molecule has 1 amide bonds. The molecule has 0 aliphatic carbocycles. The standard InChI is InChI=1S/C14H29N3O2/c1-4-12(5-2)16-14(18)10-15-9-13-11-17(6-3)7-8-19-13/h12-13,15H,4-11H2,1-3H3,(H,16,18). The Balaban J connectivity index is 2.14. The summed E-state index contributed by atoms with van der Waals surface area (Å²) in [6.45, 7) is 11.3. The van der Waals surface area contributed by atoms with Crippen LogP contribution in [0, 0.1) is 0 Å². The Hall–Kier alpha value is -0.650. The molecule has 0 aromatic heterocycles. The number of ether oxygens (including phenoxy) is 1. The van der Waals surface area contributed by atoms with E-state index < -0.39 is 0 Å². The highest BCUT2D eigenvalue weighted by molar-refractivity contribution is 5.78. The lowest BCUT2D eigenvalue weighted by Gasteiger charge is -2.32. The van der Waals surface area contributed by atoms with E-state index in [0.29, 0.717) is 12.6 Å². The van der Waals surface area contributed by atoms with E-state index in [9.17, 15) is 4.79 Å². The number of carbonyl (C=O) groups excluding carboxylic acids is 1. The highest BCUT2D eigenvalue weighted by Crippen LogP contribution is 2.03. The Morgan fingerprint density at radius 2 is 2.11 bits per heavy atom. The van der Waals surface area contributed by atoms with E-state index in [1.54, 1.807) is 0 Å². The minimum Gasteiger partial charge on any atom is -0.374 e. The lowest BCUT2D eigenvalue weighted by molar-refractivity contribution is -0.121. The highest BCUT2D eigenvalue weighted by Gasteiger charge is 2.19. The van der Waals surface area contributed by atoms with Gasteiger partial charge in [-0.15, -0.1) is 0 Å². The molecule has 0 bridgehead atoms. The third-order valence-corrected chi connectivity index (χ3v) is 3.68. The summed E-state index contributed by atoms with van der Waals surface area (Å²) in [5, 5.41) is 6.21. The molecule has 1 aliphatic rings. The van der Waals surface area contributed by atoms with Crippen LogP contribution in [0.25, 0.3) is 0 Å². The van der Waals surface area contributed by atoms with Crippen molar-refractivity contribution in [3.05, 3.63) is 0 Å². The minimum atomic E-state index is 0.0804. The van der Waals surface area contributed by atoms with Crippen LogP contribution < -0.4 is 10.6 Å². The number of nitrogens with zero attached hydrogens (tertiary/aromatic N) is 1. The summed E-state index contributed by atoms with van der Waals surface area (Å²) >= 11 is 0. The first kappa shape index (κ1) is 16.4. The molecule has 1 rings (SSSR count). The van der Waals surface area contributed by atoms with Crippen molar-refractivity contribution >= 4 is 5.91 Å². The minimum absolute atomic E-state index is 0.0804. The smallest absolute Gasteiger partial charge is 0.234 e. The van der Waals surface area contributed by atoms with Gasteiger partial charge in [-0.25, -0.2) is 0 Å². The second kappa shape index (κ2) is 9.28. The van der Waals surface area contributed by atoms with E-state index in [4.69, 9.17) is 4.74 Å². The summed E-state index contributed by atoms with van der Waals surface area (Å²) in [5.41, 5.74) is 0. The zero-order valence-electron chi connectivity index (χ0n) is 12.6. The van der Waals surface area contributed by atoms with Gasteiger partial charge in [0.25, 0.3) is 0 Å². The third kappa shape index (κ3) is 6.36. The summed E-state index contributed by atoms with van der Waals surface area (Å²) in [4.78, 5) is 14.1. The van der Waals surface area contributed by atoms with E-state index in [2.05, 4.69) is 36.3 Å². The van der Waals surface area contributed by atoms with Gasteiger partial charge in [-0.05, 0) is 19.4 Å². The maximum absolute atomic E-state index is 11.7. The van der Waals surface area contributed by atoms with Gasteiger partial charge < -0.3 is 15.4 Å². The van der Waals surface area contributed by atoms with Crippen molar-refractivity contribution in [2.24, 2.45) is 0 Å². The van der Waals surface area contributed by atoms with Gasteiger partial charge in [-0.1, -0.05) is 20.8 Å². The number of hydrogen-bond acceptors (Lipinski definition) is 4. The van der Waals surface area contributed by atoms with E-state index >= 15 is 0 Å². The zero-order chi connectivity index (χ0) is 14.1. The van der Waals surface area contributed by atoms with Crippen molar-refractivity contribution in [1.82, 2.24) is 15.5 Å². The van der Waals surface area contributed by atoms with Crippen molar-refractivity contribution in [3.8, 4) is 0 Å². The van der Waals surface area contributed by atoms with Gasteiger partial charge in [0.2, 0.25) is 5.91 Å². The Labute approximate surface area is 117 Å². The topological polar surface area (TPSA) is 53.6 Å². The second-order valence-electron chi connectivity index (χ2n) is 5.10. The quantitative estimate of drug-likeness (QED) is 0.679. The largest absolute Gasteiger partial charge is 0.374 e. The molecule has 0 radical (unpaired) electrons. The van der Waals surface area contributed by atoms with Crippen LogP contribution in [0.4, 0.5) is 0 Å². The molecule has 2 N–H and O–H groups in total. The van der Waals surface area contributed by atoms with Crippen molar-refractivity contribution in [2.45, 2.75) is 45.8 Å². The summed E-state index contributed by atoms with van der Waals surface area (Å²) in [7, 11) is 0. The first-order valence-electron chi connectivity index (χ1n) is 7.53. The molecule has 112 valence electrons. The molecule has 0 aromatic rings. The summed E-state index contributed by atoms with van der Waals surface area (Å²) in [5.74, 6) is 0.0804. The Kier molecular flexibility index (Phi) is 8.02. The van der Waals surface area contributed by atoms with Crippen molar-refractivity contribution in [1.29, 1.82) is 0 Å². The maximum Gasteiger partial charge on any atom is 0.234 e. The fraction of sp³-hybridized carbons (Fsp3) is 0.929. The molecular weight excluding hydrogens is 242 g/mol. The molecule has 1 unspecified atom stereocenters. The van der Waals surface area contributed by atoms with Crippen LogP contribution in [0.1, 0.15) is 33.6 Å². The average molecular weight is 271 g/mol.